The first-order chi connectivity index (χ1) is 7.84. The molecule has 0 fully saturated rings. The van der Waals surface area contributed by atoms with E-state index in [1.54, 1.807) is 0 Å². The molecule has 17 heavy (non-hydrogen) atoms. The highest BCUT2D eigenvalue weighted by atomic mass is 19.3. The Bertz CT molecular complexity index is 351. The first-order valence-electron chi connectivity index (χ1n) is 5.09. The summed E-state index contributed by atoms with van der Waals surface area (Å²) in [5, 5.41) is 6.15. The number of aromatic nitrogens is 3. The summed E-state index contributed by atoms with van der Waals surface area (Å²) < 4.78 is 50.4. The van der Waals surface area contributed by atoms with Crippen molar-refractivity contribution in [2.75, 3.05) is 6.54 Å². The van der Waals surface area contributed by atoms with Gasteiger partial charge in [0.1, 0.15) is 12.2 Å². The molecule has 98 valence electrons. The number of alkyl halides is 4. The molecule has 1 rings (SSSR count). The van der Waals surface area contributed by atoms with E-state index >= 15 is 0 Å². The lowest BCUT2D eigenvalue weighted by Crippen LogP contribution is -2.39. The van der Waals surface area contributed by atoms with E-state index in [1.165, 1.54) is 11.0 Å². The molecular formula is C9H14F4N4. The number of hydrogen-bond acceptors (Lipinski definition) is 3. The van der Waals surface area contributed by atoms with Gasteiger partial charge in [-0.1, -0.05) is 0 Å². The Labute approximate surface area is 96.0 Å². The minimum Gasteiger partial charge on any atom is -0.304 e. The Morgan fingerprint density at radius 2 is 2.06 bits per heavy atom. The lowest BCUT2D eigenvalue weighted by Gasteiger charge is -2.16. The SMILES string of the molecule is CC(C)n1ncnc1CNCC(F)(F)C(F)F. The quantitative estimate of drug-likeness (QED) is 0.788. The average Bonchev–Trinajstić information content (AvgIpc) is 2.65. The molecule has 1 aromatic rings. The Hall–Kier alpha value is -1.18. The van der Waals surface area contributed by atoms with Crippen LogP contribution in [-0.4, -0.2) is 33.7 Å². The maximum absolute atomic E-state index is 12.6. The first kappa shape index (κ1) is 13.9. The van der Waals surface area contributed by atoms with Gasteiger partial charge >= 0.3 is 12.3 Å². The zero-order valence-electron chi connectivity index (χ0n) is 9.50. The highest BCUT2D eigenvalue weighted by Gasteiger charge is 2.40. The molecule has 0 aromatic carbocycles. The average molecular weight is 254 g/mol. The molecule has 0 aliphatic heterocycles. The van der Waals surface area contributed by atoms with Gasteiger partial charge in [0.25, 0.3) is 0 Å². The van der Waals surface area contributed by atoms with Crippen LogP contribution in [0.25, 0.3) is 0 Å². The fourth-order valence-electron chi connectivity index (χ4n) is 1.25. The van der Waals surface area contributed by atoms with Crippen molar-refractivity contribution in [3.8, 4) is 0 Å². The minimum absolute atomic E-state index is 0.0273. The first-order valence-corrected chi connectivity index (χ1v) is 5.09. The number of nitrogens with one attached hydrogen (secondary N) is 1. The smallest absolute Gasteiger partial charge is 0.304 e. The summed E-state index contributed by atoms with van der Waals surface area (Å²) in [5.41, 5.74) is 0. The Morgan fingerprint density at radius 1 is 1.41 bits per heavy atom. The molecule has 0 saturated heterocycles. The molecular weight excluding hydrogens is 240 g/mol. The van der Waals surface area contributed by atoms with Gasteiger partial charge in [-0.15, -0.1) is 0 Å². The zero-order valence-corrected chi connectivity index (χ0v) is 9.50. The van der Waals surface area contributed by atoms with Crippen LogP contribution in [0.2, 0.25) is 0 Å². The maximum Gasteiger partial charge on any atom is 0.319 e. The van der Waals surface area contributed by atoms with E-state index in [-0.39, 0.29) is 12.6 Å². The Morgan fingerprint density at radius 3 is 2.59 bits per heavy atom. The molecule has 0 saturated carbocycles. The molecule has 4 nitrogen and oxygen atoms in total. The van der Waals surface area contributed by atoms with Crippen molar-refractivity contribution in [2.24, 2.45) is 0 Å². The van der Waals surface area contributed by atoms with E-state index in [2.05, 4.69) is 15.4 Å². The molecule has 8 heteroatoms. The van der Waals surface area contributed by atoms with E-state index in [4.69, 9.17) is 0 Å². The predicted molar refractivity (Wildman–Crippen MR) is 53.1 cm³/mol. The van der Waals surface area contributed by atoms with Gasteiger partial charge in [0, 0.05) is 6.04 Å². The van der Waals surface area contributed by atoms with Gasteiger partial charge < -0.3 is 5.32 Å². The van der Waals surface area contributed by atoms with Crippen molar-refractivity contribution in [1.82, 2.24) is 20.1 Å². The van der Waals surface area contributed by atoms with E-state index in [1.807, 2.05) is 13.8 Å². The highest BCUT2D eigenvalue weighted by Crippen LogP contribution is 2.21. The van der Waals surface area contributed by atoms with Gasteiger partial charge in [0.15, 0.2) is 0 Å². The topological polar surface area (TPSA) is 42.7 Å². The molecule has 0 aliphatic carbocycles. The third kappa shape index (κ3) is 3.65. The third-order valence-corrected chi connectivity index (χ3v) is 2.10. The largest absolute Gasteiger partial charge is 0.319 e. The van der Waals surface area contributed by atoms with Crippen LogP contribution in [0.3, 0.4) is 0 Å². The summed E-state index contributed by atoms with van der Waals surface area (Å²) in [5.74, 6) is -3.59. The second kappa shape index (κ2) is 5.44. The van der Waals surface area contributed by atoms with Crippen molar-refractivity contribution >= 4 is 0 Å². The van der Waals surface area contributed by atoms with Crippen LogP contribution in [0.4, 0.5) is 17.6 Å². The van der Waals surface area contributed by atoms with E-state index < -0.39 is 18.9 Å². The molecule has 0 atom stereocenters. The van der Waals surface area contributed by atoms with Crippen molar-refractivity contribution in [1.29, 1.82) is 0 Å². The zero-order chi connectivity index (χ0) is 13.1. The second-order valence-corrected chi connectivity index (χ2v) is 3.88. The Kier molecular flexibility index (Phi) is 4.44. The number of halogens is 4. The summed E-state index contributed by atoms with van der Waals surface area (Å²) in [6, 6.07) is 0.0323. The van der Waals surface area contributed by atoms with Crippen molar-refractivity contribution in [3.05, 3.63) is 12.2 Å². The molecule has 1 heterocycles. The normalized spacial score (nSPS) is 12.7. The van der Waals surface area contributed by atoms with Gasteiger partial charge in [-0.3, -0.25) is 0 Å². The molecule has 1 aromatic heterocycles. The van der Waals surface area contributed by atoms with Crippen LogP contribution in [-0.2, 0) is 6.54 Å². The summed E-state index contributed by atoms with van der Waals surface area (Å²) in [6.07, 6.45) is -2.37. The maximum atomic E-state index is 12.6. The second-order valence-electron chi connectivity index (χ2n) is 3.88. The Balaban J connectivity index is 2.49. The minimum atomic E-state index is -4.03. The van der Waals surface area contributed by atoms with E-state index in [0.29, 0.717) is 5.82 Å². The fraction of sp³-hybridized carbons (Fsp3) is 0.778. The summed E-state index contributed by atoms with van der Waals surface area (Å²) in [4.78, 5) is 3.86. The van der Waals surface area contributed by atoms with Crippen LogP contribution in [0, 0.1) is 0 Å². The number of nitrogens with zero attached hydrogens (tertiary/aromatic N) is 3. The molecule has 0 aliphatic rings. The van der Waals surface area contributed by atoms with Gasteiger partial charge in [-0.25, -0.2) is 18.4 Å². The predicted octanol–water partition coefficient (Wildman–Crippen LogP) is 1.85. The third-order valence-electron chi connectivity index (χ3n) is 2.10. The van der Waals surface area contributed by atoms with E-state index in [9.17, 15) is 17.6 Å². The van der Waals surface area contributed by atoms with Crippen LogP contribution >= 0.6 is 0 Å². The van der Waals surface area contributed by atoms with Crippen LogP contribution in [0.15, 0.2) is 6.33 Å². The van der Waals surface area contributed by atoms with E-state index in [0.717, 1.165) is 0 Å². The number of rotatable bonds is 6. The lowest BCUT2D eigenvalue weighted by atomic mass is 10.3. The number of hydrogen-bond donors (Lipinski definition) is 1. The highest BCUT2D eigenvalue weighted by molar-refractivity contribution is 4.86. The van der Waals surface area contributed by atoms with Gasteiger partial charge in [0.05, 0.1) is 13.1 Å². The van der Waals surface area contributed by atoms with Crippen LogP contribution in [0.1, 0.15) is 25.7 Å². The monoisotopic (exact) mass is 254 g/mol. The molecule has 0 radical (unpaired) electrons. The standard InChI is InChI=1S/C9H14F4N4/c1-6(2)17-7(15-5-16-17)3-14-4-9(12,13)8(10)11/h5-6,8,14H,3-4H2,1-2H3. The van der Waals surface area contributed by atoms with Crippen molar-refractivity contribution < 1.29 is 17.6 Å². The van der Waals surface area contributed by atoms with Gasteiger partial charge in [0.2, 0.25) is 0 Å². The van der Waals surface area contributed by atoms with Gasteiger partial charge in [-0.2, -0.15) is 13.9 Å². The molecule has 1 N–H and O–H groups in total. The van der Waals surface area contributed by atoms with Crippen molar-refractivity contribution in [3.63, 3.8) is 0 Å². The summed E-state index contributed by atoms with van der Waals surface area (Å²) in [7, 11) is 0. The van der Waals surface area contributed by atoms with Crippen molar-refractivity contribution in [2.45, 2.75) is 38.8 Å². The summed E-state index contributed by atoms with van der Waals surface area (Å²) in [6.45, 7) is 2.59. The lowest BCUT2D eigenvalue weighted by molar-refractivity contribution is -0.125. The van der Waals surface area contributed by atoms with Crippen LogP contribution < -0.4 is 5.32 Å². The molecule has 0 unspecified atom stereocenters. The van der Waals surface area contributed by atoms with Crippen LogP contribution in [0.5, 0.6) is 0 Å². The summed E-state index contributed by atoms with van der Waals surface area (Å²) >= 11 is 0. The molecule has 0 bridgehead atoms. The molecule has 0 amide bonds. The molecule has 0 spiro atoms. The van der Waals surface area contributed by atoms with Gasteiger partial charge in [-0.05, 0) is 13.8 Å². The fourth-order valence-corrected chi connectivity index (χ4v) is 1.25.